The lowest BCUT2D eigenvalue weighted by Crippen LogP contribution is -2.48. The summed E-state index contributed by atoms with van der Waals surface area (Å²) in [7, 11) is 0. The lowest BCUT2D eigenvalue weighted by molar-refractivity contribution is -0.137. The second-order valence-electron chi connectivity index (χ2n) is 7.21. The van der Waals surface area contributed by atoms with Crippen LogP contribution in [-0.2, 0) is 17.5 Å². The van der Waals surface area contributed by atoms with Gasteiger partial charge in [-0.1, -0.05) is 36.4 Å². The zero-order valence-electron chi connectivity index (χ0n) is 17.2. The van der Waals surface area contributed by atoms with Crippen molar-refractivity contribution >= 4 is 34.4 Å². The van der Waals surface area contributed by atoms with Gasteiger partial charge in [0.1, 0.15) is 6.04 Å². The zero-order chi connectivity index (χ0) is 24.0. The van der Waals surface area contributed by atoms with Crippen molar-refractivity contribution in [2.75, 3.05) is 6.61 Å². The quantitative estimate of drug-likeness (QED) is 0.371. The summed E-state index contributed by atoms with van der Waals surface area (Å²) in [6.45, 7) is -0.322. The molecule has 3 rings (SSSR count). The first-order valence-corrected chi connectivity index (χ1v) is 11.0. The number of rotatable bonds is 7. The van der Waals surface area contributed by atoms with E-state index in [-0.39, 0.29) is 12.1 Å². The first-order chi connectivity index (χ1) is 15.7. The van der Waals surface area contributed by atoms with Crippen LogP contribution in [0.2, 0.25) is 0 Å². The minimum absolute atomic E-state index is 0.245. The number of amides is 2. The molecule has 1 atom stereocenters. The van der Waals surface area contributed by atoms with Gasteiger partial charge >= 0.3 is 6.18 Å². The van der Waals surface area contributed by atoms with Gasteiger partial charge in [-0.05, 0) is 75.7 Å². The van der Waals surface area contributed by atoms with Crippen molar-refractivity contribution in [2.24, 2.45) is 0 Å². The number of hydrogen-bond donors (Lipinski definition) is 3. The van der Waals surface area contributed by atoms with Crippen LogP contribution in [0.1, 0.15) is 21.5 Å². The van der Waals surface area contributed by atoms with Crippen molar-refractivity contribution in [3.63, 3.8) is 0 Å². The van der Waals surface area contributed by atoms with E-state index in [2.05, 4.69) is 33.2 Å². The second kappa shape index (κ2) is 10.8. The van der Waals surface area contributed by atoms with Gasteiger partial charge in [-0.15, -0.1) is 0 Å². The molecule has 0 bridgehead atoms. The number of aliphatic hydroxyl groups is 1. The first-order valence-electron chi connectivity index (χ1n) is 9.89. The molecule has 0 fully saturated rings. The summed E-state index contributed by atoms with van der Waals surface area (Å²) in [5.41, 5.74) is 1.59. The molecule has 5 nitrogen and oxygen atoms in total. The number of aliphatic hydroxyl groups excluding tert-OH is 1. The summed E-state index contributed by atoms with van der Waals surface area (Å²) in [6, 6.07) is 17.3. The van der Waals surface area contributed by atoms with Gasteiger partial charge in [-0.3, -0.25) is 9.59 Å². The highest BCUT2D eigenvalue weighted by Crippen LogP contribution is 2.31. The Morgan fingerprint density at radius 1 is 0.939 bits per heavy atom. The standard InChI is InChI=1S/C24H20F3IN2O3/c25-24(26,27)19-10-8-17(9-11-19)16-4-6-18(7-5-16)22(32)30-21(14-31)23(33)29-13-15-2-1-3-20(28)12-15/h1-12,21,31H,13-14H2,(H,29,33)(H,30,32). The summed E-state index contributed by atoms with van der Waals surface area (Å²) in [5.74, 6) is -1.08. The van der Waals surface area contributed by atoms with E-state index in [0.717, 1.165) is 21.3 Å². The molecule has 9 heteroatoms. The number of hydrogen-bond acceptors (Lipinski definition) is 3. The Bertz CT molecular complexity index is 1120. The summed E-state index contributed by atoms with van der Waals surface area (Å²) in [6.07, 6.45) is -4.41. The van der Waals surface area contributed by atoms with Crippen LogP contribution in [-0.4, -0.2) is 29.6 Å². The molecule has 2 amide bonds. The van der Waals surface area contributed by atoms with Crippen LogP contribution >= 0.6 is 22.6 Å². The van der Waals surface area contributed by atoms with E-state index < -0.39 is 36.2 Å². The molecule has 0 aliphatic heterocycles. The third-order valence-electron chi connectivity index (χ3n) is 4.85. The maximum Gasteiger partial charge on any atom is 0.416 e. The summed E-state index contributed by atoms with van der Waals surface area (Å²) >= 11 is 2.16. The lowest BCUT2D eigenvalue weighted by atomic mass is 10.0. The Morgan fingerprint density at radius 3 is 2.09 bits per heavy atom. The highest BCUT2D eigenvalue weighted by atomic mass is 127. The molecule has 1 unspecified atom stereocenters. The zero-order valence-corrected chi connectivity index (χ0v) is 19.4. The van der Waals surface area contributed by atoms with Crippen molar-refractivity contribution in [3.8, 4) is 11.1 Å². The average molecular weight is 568 g/mol. The molecule has 0 saturated carbocycles. The average Bonchev–Trinajstić information content (AvgIpc) is 2.80. The predicted octanol–water partition coefficient (Wildman–Crippen LogP) is 4.38. The molecular formula is C24H20F3IN2O3. The molecular weight excluding hydrogens is 548 g/mol. The Balaban J connectivity index is 1.61. The molecule has 0 aliphatic rings. The fraction of sp³-hybridized carbons (Fsp3) is 0.167. The van der Waals surface area contributed by atoms with E-state index in [9.17, 15) is 27.9 Å². The molecule has 3 aromatic rings. The molecule has 3 aromatic carbocycles. The van der Waals surface area contributed by atoms with Gasteiger partial charge in [0, 0.05) is 15.7 Å². The van der Waals surface area contributed by atoms with Crippen molar-refractivity contribution in [1.82, 2.24) is 10.6 Å². The van der Waals surface area contributed by atoms with E-state index in [4.69, 9.17) is 0 Å². The third kappa shape index (κ3) is 6.78. The number of carbonyl (C=O) groups excluding carboxylic acids is 2. The van der Waals surface area contributed by atoms with E-state index in [1.54, 1.807) is 12.1 Å². The highest BCUT2D eigenvalue weighted by Gasteiger charge is 2.30. The van der Waals surface area contributed by atoms with E-state index in [1.165, 1.54) is 24.3 Å². The number of alkyl halides is 3. The van der Waals surface area contributed by atoms with E-state index >= 15 is 0 Å². The molecule has 0 saturated heterocycles. The Labute approximate surface area is 202 Å². The topological polar surface area (TPSA) is 78.4 Å². The van der Waals surface area contributed by atoms with Crippen LogP contribution in [0.5, 0.6) is 0 Å². The van der Waals surface area contributed by atoms with Crippen LogP contribution in [0, 0.1) is 3.57 Å². The summed E-state index contributed by atoms with van der Waals surface area (Å²) in [4.78, 5) is 24.9. The van der Waals surface area contributed by atoms with Crippen LogP contribution in [0.3, 0.4) is 0 Å². The van der Waals surface area contributed by atoms with Crippen LogP contribution in [0.4, 0.5) is 13.2 Å². The normalized spacial score (nSPS) is 12.2. The smallest absolute Gasteiger partial charge is 0.394 e. The minimum Gasteiger partial charge on any atom is -0.394 e. The van der Waals surface area contributed by atoms with Gasteiger partial charge in [-0.25, -0.2) is 0 Å². The number of carbonyl (C=O) groups is 2. The fourth-order valence-electron chi connectivity index (χ4n) is 3.06. The SMILES string of the molecule is O=C(NC(CO)C(=O)NCc1cccc(I)c1)c1ccc(-c2ccc(C(F)(F)F)cc2)cc1. The van der Waals surface area contributed by atoms with Crippen LogP contribution in [0.15, 0.2) is 72.8 Å². The number of nitrogens with one attached hydrogen (secondary N) is 2. The van der Waals surface area contributed by atoms with Crippen molar-refractivity contribution in [2.45, 2.75) is 18.8 Å². The third-order valence-corrected chi connectivity index (χ3v) is 5.52. The number of halogens is 4. The maximum atomic E-state index is 12.7. The fourth-order valence-corrected chi connectivity index (χ4v) is 3.67. The molecule has 33 heavy (non-hydrogen) atoms. The van der Waals surface area contributed by atoms with Crippen LogP contribution < -0.4 is 10.6 Å². The lowest BCUT2D eigenvalue weighted by Gasteiger charge is -2.16. The largest absolute Gasteiger partial charge is 0.416 e. The Hall–Kier alpha value is -2.92. The molecule has 0 radical (unpaired) electrons. The predicted molar refractivity (Wildman–Crippen MR) is 126 cm³/mol. The Kier molecular flexibility index (Phi) is 8.09. The Morgan fingerprint density at radius 2 is 1.55 bits per heavy atom. The van der Waals surface area contributed by atoms with Crippen molar-refractivity contribution in [1.29, 1.82) is 0 Å². The van der Waals surface area contributed by atoms with Gasteiger partial charge in [0.15, 0.2) is 0 Å². The summed E-state index contributed by atoms with van der Waals surface area (Å²) in [5, 5.41) is 14.7. The van der Waals surface area contributed by atoms with E-state index in [1.807, 2.05) is 24.3 Å². The molecule has 0 heterocycles. The van der Waals surface area contributed by atoms with Gasteiger partial charge in [0.2, 0.25) is 5.91 Å². The highest BCUT2D eigenvalue weighted by molar-refractivity contribution is 14.1. The van der Waals surface area contributed by atoms with E-state index in [0.29, 0.717) is 11.1 Å². The molecule has 3 N–H and O–H groups in total. The van der Waals surface area contributed by atoms with Crippen LogP contribution in [0.25, 0.3) is 11.1 Å². The second-order valence-corrected chi connectivity index (χ2v) is 8.45. The summed E-state index contributed by atoms with van der Waals surface area (Å²) < 4.78 is 39.2. The van der Waals surface area contributed by atoms with Gasteiger partial charge in [0.05, 0.1) is 12.2 Å². The minimum atomic E-state index is -4.41. The molecule has 0 aromatic heterocycles. The van der Waals surface area contributed by atoms with Crippen molar-refractivity contribution in [3.05, 3.63) is 93.1 Å². The van der Waals surface area contributed by atoms with Gasteiger partial charge < -0.3 is 15.7 Å². The molecule has 172 valence electrons. The number of benzene rings is 3. The first kappa shape index (κ1) is 24.7. The van der Waals surface area contributed by atoms with Gasteiger partial charge in [0.25, 0.3) is 5.91 Å². The van der Waals surface area contributed by atoms with Crippen molar-refractivity contribution < 1.29 is 27.9 Å². The molecule has 0 spiro atoms. The van der Waals surface area contributed by atoms with Gasteiger partial charge in [-0.2, -0.15) is 13.2 Å². The molecule has 0 aliphatic carbocycles. The maximum absolute atomic E-state index is 12.7. The monoisotopic (exact) mass is 568 g/mol.